The Morgan fingerprint density at radius 1 is 1.04 bits per heavy atom. The summed E-state index contributed by atoms with van der Waals surface area (Å²) in [7, 11) is 0. The fourth-order valence-electron chi connectivity index (χ4n) is 4.16. The molecule has 0 aliphatic carbocycles. The highest BCUT2D eigenvalue weighted by molar-refractivity contribution is 6.04. The van der Waals surface area contributed by atoms with Crippen molar-refractivity contribution in [3.05, 3.63) is 30.1 Å². The van der Waals surface area contributed by atoms with Crippen molar-refractivity contribution in [2.75, 3.05) is 37.6 Å². The lowest BCUT2D eigenvalue weighted by Gasteiger charge is -2.37. The Balaban J connectivity index is 1.50. The second kappa shape index (κ2) is 6.35. The van der Waals surface area contributed by atoms with E-state index in [1.54, 1.807) is 30.0 Å². The van der Waals surface area contributed by atoms with Gasteiger partial charge in [0.15, 0.2) is 0 Å². The van der Waals surface area contributed by atoms with E-state index in [0.717, 1.165) is 0 Å². The number of halogens is 1. The van der Waals surface area contributed by atoms with Gasteiger partial charge in [0, 0.05) is 32.7 Å². The van der Waals surface area contributed by atoms with Gasteiger partial charge < -0.3 is 9.80 Å². The molecule has 0 spiro atoms. The van der Waals surface area contributed by atoms with Gasteiger partial charge in [-0.05, 0) is 25.5 Å². The van der Waals surface area contributed by atoms with Gasteiger partial charge in [-0.1, -0.05) is 12.1 Å². The quantitative estimate of drug-likeness (QED) is 0.752. The predicted molar refractivity (Wildman–Crippen MR) is 92.0 cm³/mol. The lowest BCUT2D eigenvalue weighted by atomic mass is 10.1. The molecule has 2 atom stereocenters. The molecule has 3 saturated heterocycles. The normalized spacial score (nSPS) is 26.8. The van der Waals surface area contributed by atoms with Crippen molar-refractivity contribution in [1.82, 2.24) is 14.7 Å². The van der Waals surface area contributed by atoms with Crippen LogP contribution in [0.1, 0.15) is 13.3 Å². The molecule has 0 N–H and O–H groups in total. The minimum atomic E-state index is -0.522. The zero-order valence-corrected chi connectivity index (χ0v) is 14.6. The molecule has 0 aromatic heterocycles. The molecule has 26 heavy (non-hydrogen) atoms. The highest BCUT2D eigenvalue weighted by Gasteiger charge is 2.49. The van der Waals surface area contributed by atoms with Crippen molar-refractivity contribution in [1.29, 1.82) is 0 Å². The second-order valence-corrected chi connectivity index (χ2v) is 6.81. The number of urea groups is 1. The van der Waals surface area contributed by atoms with E-state index in [1.807, 2.05) is 4.90 Å². The summed E-state index contributed by atoms with van der Waals surface area (Å²) in [6.07, 6.45) is 0.583. The largest absolute Gasteiger partial charge is 0.327 e. The molecule has 0 radical (unpaired) electrons. The minimum Gasteiger partial charge on any atom is -0.310 e. The first-order valence-corrected chi connectivity index (χ1v) is 8.95. The molecule has 3 aliphatic heterocycles. The summed E-state index contributed by atoms with van der Waals surface area (Å²) in [5.74, 6) is -0.757. The Morgan fingerprint density at radius 2 is 1.81 bits per heavy atom. The molecular formula is C18H21FN4O3. The second-order valence-electron chi connectivity index (χ2n) is 6.81. The first-order chi connectivity index (χ1) is 12.5. The first-order valence-electron chi connectivity index (χ1n) is 8.95. The average molecular weight is 360 g/mol. The summed E-state index contributed by atoms with van der Waals surface area (Å²) in [5, 5.41) is 0. The number of amides is 4. The number of hydrogen-bond acceptors (Lipinski definition) is 4. The molecule has 4 rings (SSSR count). The first kappa shape index (κ1) is 17.0. The van der Waals surface area contributed by atoms with E-state index in [9.17, 15) is 18.8 Å². The number of piperazine rings is 1. The zero-order chi connectivity index (χ0) is 18.4. The van der Waals surface area contributed by atoms with E-state index in [4.69, 9.17) is 0 Å². The van der Waals surface area contributed by atoms with Crippen LogP contribution in [0.2, 0.25) is 0 Å². The monoisotopic (exact) mass is 360 g/mol. The van der Waals surface area contributed by atoms with Crippen LogP contribution in [0.4, 0.5) is 14.9 Å². The van der Waals surface area contributed by atoms with Crippen molar-refractivity contribution < 1.29 is 18.8 Å². The van der Waals surface area contributed by atoms with Gasteiger partial charge in [0.2, 0.25) is 5.91 Å². The summed E-state index contributed by atoms with van der Waals surface area (Å²) in [5.41, 5.74) is 0.294. The van der Waals surface area contributed by atoms with Gasteiger partial charge in [-0.15, -0.1) is 0 Å². The van der Waals surface area contributed by atoms with E-state index >= 15 is 0 Å². The van der Waals surface area contributed by atoms with Crippen molar-refractivity contribution in [3.63, 3.8) is 0 Å². The van der Waals surface area contributed by atoms with Gasteiger partial charge in [-0.25, -0.2) is 9.18 Å². The summed E-state index contributed by atoms with van der Waals surface area (Å²) >= 11 is 0. The highest BCUT2D eigenvalue weighted by atomic mass is 19.1. The SMILES string of the molecule is CCN1C(=O)[C@H]2CN([C@H]3CCN(c4ccccc4F)C3=O)CCN2C1=O. The van der Waals surface area contributed by atoms with Crippen molar-refractivity contribution in [2.45, 2.75) is 25.4 Å². The molecule has 0 unspecified atom stereocenters. The van der Waals surface area contributed by atoms with Crippen LogP contribution in [-0.2, 0) is 9.59 Å². The van der Waals surface area contributed by atoms with Crippen LogP contribution < -0.4 is 4.90 Å². The summed E-state index contributed by atoms with van der Waals surface area (Å²) in [6, 6.07) is 5.11. The molecule has 4 amide bonds. The van der Waals surface area contributed by atoms with E-state index in [2.05, 4.69) is 0 Å². The van der Waals surface area contributed by atoms with E-state index in [-0.39, 0.29) is 23.9 Å². The van der Waals surface area contributed by atoms with Gasteiger partial charge in [0.25, 0.3) is 5.91 Å². The number of imide groups is 1. The van der Waals surface area contributed by atoms with Gasteiger partial charge in [0.05, 0.1) is 11.7 Å². The summed E-state index contributed by atoms with van der Waals surface area (Å²) in [4.78, 5) is 43.8. The Bertz CT molecular complexity index is 771. The van der Waals surface area contributed by atoms with Crippen LogP contribution in [0.25, 0.3) is 0 Å². The van der Waals surface area contributed by atoms with Gasteiger partial charge in [0.1, 0.15) is 11.9 Å². The molecule has 8 heteroatoms. The van der Waals surface area contributed by atoms with Crippen molar-refractivity contribution in [2.24, 2.45) is 0 Å². The Hall–Kier alpha value is -2.48. The topological polar surface area (TPSA) is 64.2 Å². The lowest BCUT2D eigenvalue weighted by molar-refractivity contribution is -0.131. The van der Waals surface area contributed by atoms with E-state index in [1.165, 1.54) is 15.9 Å². The average Bonchev–Trinajstić information content (AvgIpc) is 3.13. The molecule has 3 heterocycles. The number of anilines is 1. The number of benzene rings is 1. The van der Waals surface area contributed by atoms with E-state index < -0.39 is 11.9 Å². The van der Waals surface area contributed by atoms with Gasteiger partial charge >= 0.3 is 6.03 Å². The number of para-hydroxylation sites is 1. The summed E-state index contributed by atoms with van der Waals surface area (Å²) in [6.45, 7) is 3.89. The number of hydrogen-bond donors (Lipinski definition) is 0. The lowest BCUT2D eigenvalue weighted by Crippen LogP contribution is -2.57. The molecule has 0 saturated carbocycles. The van der Waals surface area contributed by atoms with Crippen molar-refractivity contribution in [3.8, 4) is 0 Å². The van der Waals surface area contributed by atoms with Crippen LogP contribution in [0.3, 0.4) is 0 Å². The van der Waals surface area contributed by atoms with Crippen molar-refractivity contribution >= 4 is 23.5 Å². The third-order valence-electron chi connectivity index (χ3n) is 5.52. The molecule has 3 fully saturated rings. The van der Waals surface area contributed by atoms with Crippen LogP contribution in [0, 0.1) is 5.82 Å². The molecule has 0 bridgehead atoms. The van der Waals surface area contributed by atoms with Crippen LogP contribution in [-0.4, -0.2) is 77.4 Å². The third kappa shape index (κ3) is 2.47. The minimum absolute atomic E-state index is 0.146. The maximum atomic E-state index is 14.0. The maximum absolute atomic E-state index is 14.0. The van der Waals surface area contributed by atoms with Gasteiger partial charge in [-0.2, -0.15) is 0 Å². The predicted octanol–water partition coefficient (Wildman–Crippen LogP) is 0.899. The smallest absolute Gasteiger partial charge is 0.310 e. The molecule has 7 nitrogen and oxygen atoms in total. The standard InChI is InChI=1S/C18H21FN4O3/c1-2-21-17(25)15-11-20(9-10-23(15)18(21)26)14-7-8-22(16(14)24)13-6-4-3-5-12(13)19/h3-6,14-15H,2,7-11H2,1H3/t14-,15+/m0/s1. The fourth-order valence-corrected chi connectivity index (χ4v) is 4.16. The number of likely N-dealkylation sites (N-methyl/N-ethyl adjacent to an activating group) is 1. The number of nitrogens with zero attached hydrogens (tertiary/aromatic N) is 4. The number of carbonyl (C=O) groups excluding carboxylic acids is 3. The Morgan fingerprint density at radius 3 is 2.54 bits per heavy atom. The van der Waals surface area contributed by atoms with Crippen LogP contribution in [0.15, 0.2) is 24.3 Å². The zero-order valence-electron chi connectivity index (χ0n) is 14.6. The molecule has 138 valence electrons. The number of rotatable bonds is 3. The Labute approximate surface area is 150 Å². The number of fused-ring (bicyclic) bond motifs is 1. The van der Waals surface area contributed by atoms with Crippen LogP contribution in [0.5, 0.6) is 0 Å². The van der Waals surface area contributed by atoms with E-state index in [0.29, 0.717) is 44.8 Å². The van der Waals surface area contributed by atoms with Gasteiger partial charge in [-0.3, -0.25) is 19.4 Å². The molecule has 1 aromatic rings. The fraction of sp³-hybridized carbons (Fsp3) is 0.500. The maximum Gasteiger partial charge on any atom is 0.327 e. The molecular weight excluding hydrogens is 339 g/mol. The third-order valence-corrected chi connectivity index (χ3v) is 5.52. The summed E-state index contributed by atoms with van der Waals surface area (Å²) < 4.78 is 14.0. The highest BCUT2D eigenvalue weighted by Crippen LogP contribution is 2.29. The molecule has 1 aromatic carbocycles. The Kier molecular flexibility index (Phi) is 4.14. The molecule has 3 aliphatic rings. The number of carbonyl (C=O) groups is 3. The van der Waals surface area contributed by atoms with Crippen LogP contribution >= 0.6 is 0 Å².